The second kappa shape index (κ2) is 9.39. The topological polar surface area (TPSA) is 57.4 Å². The molecule has 3 aromatic heterocycles. The molecule has 2 N–H and O–H groups in total. The van der Waals surface area contributed by atoms with Gasteiger partial charge in [-0.05, 0) is 96.1 Å². The lowest BCUT2D eigenvalue weighted by atomic mass is 10.0. The average Bonchev–Trinajstić information content (AvgIpc) is 3.72. The van der Waals surface area contributed by atoms with Crippen molar-refractivity contribution >= 4 is 78.2 Å². The van der Waals surface area contributed by atoms with Crippen LogP contribution in [0.25, 0.3) is 68.6 Å². The van der Waals surface area contributed by atoms with Crippen molar-refractivity contribution in [1.82, 2.24) is 19.9 Å². The Morgan fingerprint density at radius 1 is 0.474 bits per heavy atom. The summed E-state index contributed by atoms with van der Waals surface area (Å²) in [5.74, 6) is 0. The third kappa shape index (κ3) is 4.36. The highest BCUT2D eigenvalue weighted by molar-refractivity contribution is 9.10. The Bertz CT molecular complexity index is 1830. The lowest BCUT2D eigenvalue weighted by molar-refractivity contribution is 1.28. The first-order valence-corrected chi connectivity index (χ1v) is 13.8. The molecule has 0 radical (unpaired) electrons. The van der Waals surface area contributed by atoms with Crippen LogP contribution < -0.4 is 0 Å². The maximum absolute atomic E-state index is 4.99. The highest BCUT2D eigenvalue weighted by atomic mass is 79.9. The van der Waals surface area contributed by atoms with Gasteiger partial charge in [-0.25, -0.2) is 9.97 Å². The van der Waals surface area contributed by atoms with Gasteiger partial charge < -0.3 is 9.97 Å². The number of hydrogen-bond acceptors (Lipinski definition) is 2. The highest BCUT2D eigenvalue weighted by Gasteiger charge is 2.14. The minimum absolute atomic E-state index is 0.890. The number of halogens is 2. The molecule has 8 bridgehead atoms. The van der Waals surface area contributed by atoms with E-state index in [1.807, 2.05) is 12.1 Å². The van der Waals surface area contributed by atoms with Crippen LogP contribution in [0.5, 0.6) is 0 Å². The molecule has 0 saturated carbocycles. The van der Waals surface area contributed by atoms with Crippen LogP contribution in [0, 0.1) is 0 Å². The number of nitrogens with zero attached hydrogens (tertiary/aromatic N) is 2. The van der Waals surface area contributed by atoms with Crippen LogP contribution in [-0.4, -0.2) is 19.9 Å². The zero-order valence-electron chi connectivity index (χ0n) is 20.0. The minimum atomic E-state index is 0.890. The summed E-state index contributed by atoms with van der Waals surface area (Å²) in [6, 6.07) is 29.3. The van der Waals surface area contributed by atoms with Gasteiger partial charge in [0.05, 0.1) is 22.8 Å². The summed E-state index contributed by atoms with van der Waals surface area (Å²) in [7, 11) is 0. The van der Waals surface area contributed by atoms with Crippen molar-refractivity contribution in [3.8, 4) is 22.3 Å². The first-order chi connectivity index (χ1) is 18.6. The Hall–Kier alpha value is -4.00. The van der Waals surface area contributed by atoms with Gasteiger partial charge in [0, 0.05) is 42.1 Å². The molecule has 0 aliphatic carbocycles. The molecule has 0 unspecified atom stereocenters. The monoisotopic (exact) mass is 618 g/mol. The van der Waals surface area contributed by atoms with Crippen LogP contribution in [0.15, 0.2) is 93.9 Å². The predicted octanol–water partition coefficient (Wildman–Crippen LogP) is 9.51. The highest BCUT2D eigenvalue weighted by Crippen LogP contribution is 2.33. The Kier molecular flexibility index (Phi) is 5.72. The maximum Gasteiger partial charge on any atom is 0.0737 e. The zero-order valence-corrected chi connectivity index (χ0v) is 23.2. The summed E-state index contributed by atoms with van der Waals surface area (Å²) in [4.78, 5) is 17.2. The second-order valence-corrected chi connectivity index (χ2v) is 11.0. The van der Waals surface area contributed by atoms with E-state index < -0.39 is 0 Å². The summed E-state index contributed by atoms with van der Waals surface area (Å²) in [6.07, 6.45) is 8.25. The van der Waals surface area contributed by atoms with Gasteiger partial charge in [-0.15, -0.1) is 0 Å². The maximum atomic E-state index is 4.99. The van der Waals surface area contributed by atoms with Crippen LogP contribution in [0.4, 0.5) is 0 Å². The fourth-order valence-corrected chi connectivity index (χ4v) is 5.44. The molecule has 5 heterocycles. The molecule has 4 nitrogen and oxygen atoms in total. The number of nitrogens with one attached hydrogen (secondary N) is 2. The van der Waals surface area contributed by atoms with E-state index in [4.69, 9.17) is 9.97 Å². The van der Waals surface area contributed by atoms with Crippen molar-refractivity contribution in [2.45, 2.75) is 0 Å². The molecule has 0 fully saturated rings. The van der Waals surface area contributed by atoms with E-state index in [0.29, 0.717) is 0 Å². The summed E-state index contributed by atoms with van der Waals surface area (Å²) in [6.45, 7) is 0. The summed E-state index contributed by atoms with van der Waals surface area (Å²) >= 11 is 7.11. The lowest BCUT2D eigenvalue weighted by Gasteiger charge is -2.05. The Labute approximate surface area is 236 Å². The van der Waals surface area contributed by atoms with Crippen molar-refractivity contribution < 1.29 is 0 Å². The van der Waals surface area contributed by atoms with E-state index in [9.17, 15) is 0 Å². The SMILES string of the molecule is Brc1ccc(-c2c3nc(cc4ccc([nH]4)c(-c4ccc(Br)cc4)c4ccc(cc5nc2C=C5)[nH]4)C=C3)cc1. The van der Waals surface area contributed by atoms with Gasteiger partial charge in [0.15, 0.2) is 0 Å². The standard InChI is InChI=1S/C32H20Br2N4/c33-21-5-1-19(2-6-21)31-27-13-9-23(35-27)17-25-11-15-29(37-25)32(20-3-7-22(34)8-4-20)30-16-12-26(38-30)18-24-10-14-28(31)36-24/h1-18,35-36H. The Balaban J connectivity index is 1.56. The van der Waals surface area contributed by atoms with E-state index in [1.54, 1.807) is 0 Å². The first kappa shape index (κ1) is 23.1. The Morgan fingerprint density at radius 3 is 1.39 bits per heavy atom. The van der Waals surface area contributed by atoms with Crippen LogP contribution in [-0.2, 0) is 0 Å². The molecular formula is C32H20Br2N4. The molecule has 0 spiro atoms. The van der Waals surface area contributed by atoms with Crippen LogP contribution in [0.2, 0.25) is 0 Å². The molecular weight excluding hydrogens is 600 g/mol. The molecule has 0 amide bonds. The average molecular weight is 620 g/mol. The zero-order chi connectivity index (χ0) is 25.6. The predicted molar refractivity (Wildman–Crippen MR) is 165 cm³/mol. The summed E-state index contributed by atoms with van der Waals surface area (Å²) < 4.78 is 2.08. The lowest BCUT2D eigenvalue weighted by Crippen LogP contribution is -1.88. The van der Waals surface area contributed by atoms with Gasteiger partial charge in [0.2, 0.25) is 0 Å². The molecule has 7 rings (SSSR count). The number of fused-ring (bicyclic) bond motifs is 8. The molecule has 5 aromatic rings. The van der Waals surface area contributed by atoms with E-state index in [-0.39, 0.29) is 0 Å². The molecule has 2 aliphatic heterocycles. The number of H-pyrrole nitrogens is 2. The second-order valence-electron chi connectivity index (χ2n) is 9.22. The van der Waals surface area contributed by atoms with Crippen molar-refractivity contribution in [1.29, 1.82) is 0 Å². The number of aromatic nitrogens is 4. The van der Waals surface area contributed by atoms with E-state index in [1.165, 1.54) is 0 Å². The van der Waals surface area contributed by atoms with E-state index >= 15 is 0 Å². The molecule has 38 heavy (non-hydrogen) atoms. The van der Waals surface area contributed by atoms with E-state index in [0.717, 1.165) is 76.0 Å². The van der Waals surface area contributed by atoms with Crippen molar-refractivity contribution in [3.63, 3.8) is 0 Å². The smallest absolute Gasteiger partial charge is 0.0737 e. The Morgan fingerprint density at radius 2 is 0.921 bits per heavy atom. The summed E-state index contributed by atoms with van der Waals surface area (Å²) in [5, 5.41) is 0. The number of hydrogen-bond donors (Lipinski definition) is 2. The first-order valence-electron chi connectivity index (χ1n) is 12.2. The largest absolute Gasteiger partial charge is 0.355 e. The quantitative estimate of drug-likeness (QED) is 0.202. The fraction of sp³-hybridized carbons (Fsp3) is 0. The molecule has 0 saturated heterocycles. The van der Waals surface area contributed by atoms with Crippen molar-refractivity contribution in [2.24, 2.45) is 0 Å². The van der Waals surface area contributed by atoms with Gasteiger partial charge in [0.1, 0.15) is 0 Å². The molecule has 2 aromatic carbocycles. The van der Waals surface area contributed by atoms with E-state index in [2.05, 4.69) is 139 Å². The van der Waals surface area contributed by atoms with Crippen LogP contribution in [0.3, 0.4) is 0 Å². The van der Waals surface area contributed by atoms with Crippen LogP contribution in [0.1, 0.15) is 22.8 Å². The third-order valence-electron chi connectivity index (χ3n) is 6.66. The number of rotatable bonds is 2. The normalized spacial score (nSPS) is 12.3. The van der Waals surface area contributed by atoms with Crippen molar-refractivity contribution in [3.05, 3.63) is 117 Å². The minimum Gasteiger partial charge on any atom is -0.355 e. The molecule has 2 aliphatic rings. The molecule has 6 heteroatoms. The van der Waals surface area contributed by atoms with Gasteiger partial charge in [0.25, 0.3) is 0 Å². The van der Waals surface area contributed by atoms with Crippen molar-refractivity contribution in [2.75, 3.05) is 0 Å². The third-order valence-corrected chi connectivity index (χ3v) is 7.72. The van der Waals surface area contributed by atoms with Crippen LogP contribution >= 0.6 is 31.9 Å². The number of aromatic amines is 2. The fourth-order valence-electron chi connectivity index (χ4n) is 4.91. The summed E-state index contributed by atoms with van der Waals surface area (Å²) in [5.41, 5.74) is 11.9. The van der Waals surface area contributed by atoms with Gasteiger partial charge in [-0.1, -0.05) is 56.1 Å². The van der Waals surface area contributed by atoms with Gasteiger partial charge >= 0.3 is 0 Å². The number of benzene rings is 2. The van der Waals surface area contributed by atoms with Gasteiger partial charge in [-0.3, -0.25) is 0 Å². The molecule has 0 atom stereocenters. The molecule has 182 valence electrons. The van der Waals surface area contributed by atoms with Gasteiger partial charge in [-0.2, -0.15) is 0 Å².